The van der Waals surface area contributed by atoms with Crippen molar-refractivity contribution in [3.8, 4) is 0 Å². The van der Waals surface area contributed by atoms with Crippen LogP contribution in [0.3, 0.4) is 0 Å². The molecule has 0 aromatic carbocycles. The normalized spacial score (nSPS) is 21.8. The number of nitrogens with zero attached hydrogens (tertiary/aromatic N) is 2. The minimum atomic E-state index is -0.332. The molecular weight excluding hydrogens is 256 g/mol. The van der Waals surface area contributed by atoms with E-state index in [1.807, 2.05) is 6.92 Å². The third-order valence-corrected chi connectivity index (χ3v) is 3.61. The maximum atomic E-state index is 12.1. The topological polar surface area (TPSA) is 88.3 Å². The van der Waals surface area contributed by atoms with Crippen LogP contribution in [0.25, 0.3) is 0 Å². The molecule has 0 radical (unpaired) electrons. The van der Waals surface area contributed by atoms with E-state index in [1.54, 1.807) is 29.3 Å². The van der Waals surface area contributed by atoms with Crippen molar-refractivity contribution in [3.05, 3.63) is 30.1 Å². The van der Waals surface area contributed by atoms with E-state index in [2.05, 4.69) is 10.3 Å². The zero-order valence-electron chi connectivity index (χ0n) is 11.6. The average molecular weight is 276 g/mol. The number of pyridine rings is 1. The van der Waals surface area contributed by atoms with E-state index in [0.29, 0.717) is 24.7 Å². The van der Waals surface area contributed by atoms with Gasteiger partial charge in [0.15, 0.2) is 0 Å². The van der Waals surface area contributed by atoms with Crippen LogP contribution in [-0.2, 0) is 4.79 Å². The molecule has 1 aromatic heterocycles. The van der Waals surface area contributed by atoms with E-state index in [9.17, 15) is 9.59 Å². The average Bonchev–Trinajstić information content (AvgIpc) is 2.86. The Balaban J connectivity index is 1.85. The highest BCUT2D eigenvalue weighted by atomic mass is 16.2. The van der Waals surface area contributed by atoms with E-state index in [-0.39, 0.29) is 24.4 Å². The van der Waals surface area contributed by atoms with Crippen molar-refractivity contribution in [1.29, 1.82) is 0 Å². The number of likely N-dealkylation sites (tertiary alicyclic amines) is 1. The van der Waals surface area contributed by atoms with Crippen LogP contribution in [-0.4, -0.2) is 47.4 Å². The van der Waals surface area contributed by atoms with Crippen LogP contribution in [0.1, 0.15) is 23.8 Å². The van der Waals surface area contributed by atoms with Gasteiger partial charge in [0, 0.05) is 18.8 Å². The van der Waals surface area contributed by atoms with Gasteiger partial charge in [-0.2, -0.15) is 0 Å². The standard InChI is InChI=1S/C14H20N4O2/c1-10-6-11(7-15)9-18(10)13(19)8-17-14(20)12-4-2-3-5-16-12/h2-5,10-11H,6-9,15H2,1H3,(H,17,20). The van der Waals surface area contributed by atoms with E-state index in [4.69, 9.17) is 5.73 Å². The Morgan fingerprint density at radius 3 is 2.90 bits per heavy atom. The third kappa shape index (κ3) is 3.33. The van der Waals surface area contributed by atoms with Crippen molar-refractivity contribution < 1.29 is 9.59 Å². The maximum absolute atomic E-state index is 12.1. The van der Waals surface area contributed by atoms with E-state index >= 15 is 0 Å². The summed E-state index contributed by atoms with van der Waals surface area (Å²) >= 11 is 0. The summed E-state index contributed by atoms with van der Waals surface area (Å²) in [5.74, 6) is -0.0423. The summed E-state index contributed by atoms with van der Waals surface area (Å²) < 4.78 is 0. The summed E-state index contributed by atoms with van der Waals surface area (Å²) in [4.78, 5) is 29.6. The molecule has 0 aliphatic carbocycles. The Morgan fingerprint density at radius 1 is 1.50 bits per heavy atom. The Hall–Kier alpha value is -1.95. The van der Waals surface area contributed by atoms with Crippen LogP contribution in [0, 0.1) is 5.92 Å². The first-order valence-corrected chi connectivity index (χ1v) is 6.80. The van der Waals surface area contributed by atoms with Gasteiger partial charge in [0.25, 0.3) is 5.91 Å². The summed E-state index contributed by atoms with van der Waals surface area (Å²) in [6.45, 7) is 3.27. The molecule has 2 unspecified atom stereocenters. The van der Waals surface area contributed by atoms with Gasteiger partial charge < -0.3 is 16.0 Å². The third-order valence-electron chi connectivity index (χ3n) is 3.61. The van der Waals surface area contributed by atoms with Crippen molar-refractivity contribution >= 4 is 11.8 Å². The second-order valence-electron chi connectivity index (χ2n) is 5.13. The quantitative estimate of drug-likeness (QED) is 0.810. The van der Waals surface area contributed by atoms with Gasteiger partial charge in [-0.1, -0.05) is 6.07 Å². The first kappa shape index (κ1) is 14.5. The zero-order chi connectivity index (χ0) is 14.5. The van der Waals surface area contributed by atoms with Crippen LogP contribution in [0.5, 0.6) is 0 Å². The number of hydrogen-bond acceptors (Lipinski definition) is 4. The van der Waals surface area contributed by atoms with Gasteiger partial charge in [-0.15, -0.1) is 0 Å². The molecule has 2 atom stereocenters. The largest absolute Gasteiger partial charge is 0.342 e. The molecule has 6 heteroatoms. The SMILES string of the molecule is CC1CC(CN)CN1C(=O)CNC(=O)c1ccccn1. The number of nitrogens with one attached hydrogen (secondary N) is 1. The van der Waals surface area contributed by atoms with Crippen LogP contribution in [0.15, 0.2) is 24.4 Å². The molecule has 2 amide bonds. The lowest BCUT2D eigenvalue weighted by Crippen LogP contribution is -2.42. The molecular formula is C14H20N4O2. The first-order chi connectivity index (χ1) is 9.61. The van der Waals surface area contributed by atoms with Gasteiger partial charge in [-0.25, -0.2) is 0 Å². The summed E-state index contributed by atoms with van der Waals surface area (Å²) in [6, 6.07) is 5.27. The Kier molecular flexibility index (Phi) is 4.68. The molecule has 1 saturated heterocycles. The smallest absolute Gasteiger partial charge is 0.270 e. The van der Waals surface area contributed by atoms with E-state index in [0.717, 1.165) is 6.42 Å². The fourth-order valence-electron chi connectivity index (χ4n) is 2.51. The molecule has 2 rings (SSSR count). The van der Waals surface area contributed by atoms with Gasteiger partial charge in [0.05, 0.1) is 6.54 Å². The molecule has 20 heavy (non-hydrogen) atoms. The predicted molar refractivity (Wildman–Crippen MR) is 74.9 cm³/mol. The second kappa shape index (κ2) is 6.47. The molecule has 3 N–H and O–H groups in total. The Bertz CT molecular complexity index is 477. The number of aromatic nitrogens is 1. The lowest BCUT2D eigenvalue weighted by molar-refractivity contribution is -0.130. The molecule has 6 nitrogen and oxygen atoms in total. The lowest BCUT2D eigenvalue weighted by Gasteiger charge is -2.21. The molecule has 0 spiro atoms. The Labute approximate surface area is 118 Å². The van der Waals surface area contributed by atoms with Crippen LogP contribution < -0.4 is 11.1 Å². The van der Waals surface area contributed by atoms with Gasteiger partial charge in [0.1, 0.15) is 5.69 Å². The molecule has 108 valence electrons. The van der Waals surface area contributed by atoms with Gasteiger partial charge in [-0.3, -0.25) is 14.6 Å². The molecule has 1 aliphatic heterocycles. The summed E-state index contributed by atoms with van der Waals surface area (Å²) in [5.41, 5.74) is 5.96. The predicted octanol–water partition coefficient (Wildman–Crippen LogP) is 0.00710. The van der Waals surface area contributed by atoms with Crippen molar-refractivity contribution in [2.24, 2.45) is 11.7 Å². The highest BCUT2D eigenvalue weighted by Gasteiger charge is 2.31. The fourth-order valence-corrected chi connectivity index (χ4v) is 2.51. The molecule has 1 aromatic rings. The van der Waals surface area contributed by atoms with E-state index in [1.165, 1.54) is 0 Å². The van der Waals surface area contributed by atoms with Crippen LogP contribution in [0.4, 0.5) is 0 Å². The van der Waals surface area contributed by atoms with Gasteiger partial charge in [0.2, 0.25) is 5.91 Å². The number of hydrogen-bond donors (Lipinski definition) is 2. The number of nitrogens with two attached hydrogens (primary N) is 1. The number of carbonyl (C=O) groups is 2. The number of amides is 2. The van der Waals surface area contributed by atoms with Crippen LogP contribution >= 0.6 is 0 Å². The van der Waals surface area contributed by atoms with Gasteiger partial charge >= 0.3 is 0 Å². The molecule has 1 aliphatic rings. The maximum Gasteiger partial charge on any atom is 0.270 e. The van der Waals surface area contributed by atoms with Crippen molar-refractivity contribution in [3.63, 3.8) is 0 Å². The highest BCUT2D eigenvalue weighted by molar-refractivity contribution is 5.94. The van der Waals surface area contributed by atoms with Gasteiger partial charge in [-0.05, 0) is 37.9 Å². The van der Waals surface area contributed by atoms with Crippen molar-refractivity contribution in [2.45, 2.75) is 19.4 Å². The minimum Gasteiger partial charge on any atom is -0.342 e. The highest BCUT2D eigenvalue weighted by Crippen LogP contribution is 2.21. The number of carbonyl (C=O) groups excluding carboxylic acids is 2. The molecule has 0 bridgehead atoms. The molecule has 1 fully saturated rings. The zero-order valence-corrected chi connectivity index (χ0v) is 11.6. The molecule has 2 heterocycles. The summed E-state index contributed by atoms with van der Waals surface area (Å²) in [7, 11) is 0. The summed E-state index contributed by atoms with van der Waals surface area (Å²) in [5, 5.41) is 2.61. The second-order valence-corrected chi connectivity index (χ2v) is 5.13. The number of rotatable bonds is 4. The first-order valence-electron chi connectivity index (χ1n) is 6.80. The van der Waals surface area contributed by atoms with E-state index < -0.39 is 0 Å². The monoisotopic (exact) mass is 276 g/mol. The fraction of sp³-hybridized carbons (Fsp3) is 0.500. The van der Waals surface area contributed by atoms with Crippen molar-refractivity contribution in [2.75, 3.05) is 19.6 Å². The minimum absolute atomic E-state index is 0.00294. The Morgan fingerprint density at radius 2 is 2.30 bits per heavy atom. The molecule has 0 saturated carbocycles. The van der Waals surface area contributed by atoms with Crippen molar-refractivity contribution in [1.82, 2.24) is 15.2 Å². The summed E-state index contributed by atoms with van der Waals surface area (Å²) in [6.07, 6.45) is 2.47. The lowest BCUT2D eigenvalue weighted by atomic mass is 10.1. The van der Waals surface area contributed by atoms with Crippen LogP contribution in [0.2, 0.25) is 0 Å².